The summed E-state index contributed by atoms with van der Waals surface area (Å²) in [6.07, 6.45) is 1.77. The first kappa shape index (κ1) is 8.24. The summed E-state index contributed by atoms with van der Waals surface area (Å²) < 4.78 is 5.69. The van der Waals surface area contributed by atoms with Crippen molar-refractivity contribution in [1.29, 1.82) is 0 Å². The fourth-order valence-corrected chi connectivity index (χ4v) is 1.62. The maximum absolute atomic E-state index is 5.69. The molecule has 0 unspecified atom stereocenters. The Kier molecular flexibility index (Phi) is 1.78. The molecule has 0 aliphatic heterocycles. The Labute approximate surface area is 87.2 Å². The quantitative estimate of drug-likeness (QED) is 0.594. The summed E-state index contributed by atoms with van der Waals surface area (Å²) in [4.78, 5) is 4.25. The van der Waals surface area contributed by atoms with Crippen LogP contribution < -0.4 is 0 Å². The second-order valence-corrected chi connectivity index (χ2v) is 3.36. The first-order valence-corrected chi connectivity index (χ1v) is 4.83. The molecule has 0 aliphatic carbocycles. The molecule has 0 N–H and O–H groups in total. The number of hydrogen-bond acceptors (Lipinski definition) is 2. The standard InChI is InChI=1S/C13H9NO/c1-2-7-12-10(5-1)9-13(15-12)11-6-3-4-8-14-11/h1-9H. The lowest BCUT2D eigenvalue weighted by Crippen LogP contribution is -1.76. The van der Waals surface area contributed by atoms with Crippen LogP contribution in [0.2, 0.25) is 0 Å². The van der Waals surface area contributed by atoms with E-state index in [9.17, 15) is 0 Å². The largest absolute Gasteiger partial charge is 0.454 e. The second kappa shape index (κ2) is 3.24. The van der Waals surface area contributed by atoms with Gasteiger partial charge in [0.1, 0.15) is 11.3 Å². The maximum Gasteiger partial charge on any atom is 0.153 e. The molecule has 1 aromatic carbocycles. The van der Waals surface area contributed by atoms with Crippen LogP contribution in [0.3, 0.4) is 0 Å². The number of fused-ring (bicyclic) bond motifs is 1. The van der Waals surface area contributed by atoms with Crippen molar-refractivity contribution in [2.75, 3.05) is 0 Å². The number of furan rings is 1. The molecule has 0 spiro atoms. The molecule has 3 rings (SSSR count). The molecule has 0 saturated heterocycles. The van der Waals surface area contributed by atoms with Crippen molar-refractivity contribution < 1.29 is 4.42 Å². The third-order valence-electron chi connectivity index (χ3n) is 2.34. The molecular formula is C13H9NO. The average Bonchev–Trinajstić information content (AvgIpc) is 2.74. The third kappa shape index (κ3) is 1.40. The van der Waals surface area contributed by atoms with Crippen LogP contribution in [0.4, 0.5) is 0 Å². The van der Waals surface area contributed by atoms with Crippen LogP contribution >= 0.6 is 0 Å². The molecule has 15 heavy (non-hydrogen) atoms. The topological polar surface area (TPSA) is 26.0 Å². The van der Waals surface area contributed by atoms with E-state index < -0.39 is 0 Å². The minimum absolute atomic E-state index is 0.816. The number of para-hydroxylation sites is 1. The van der Waals surface area contributed by atoms with Gasteiger partial charge in [-0.05, 0) is 24.3 Å². The molecule has 2 aromatic heterocycles. The van der Waals surface area contributed by atoms with Gasteiger partial charge in [0.15, 0.2) is 5.76 Å². The molecule has 3 aromatic rings. The summed E-state index contributed by atoms with van der Waals surface area (Å²) in [5.41, 5.74) is 1.77. The highest BCUT2D eigenvalue weighted by Crippen LogP contribution is 2.25. The van der Waals surface area contributed by atoms with Gasteiger partial charge in [-0.1, -0.05) is 24.3 Å². The van der Waals surface area contributed by atoms with Crippen LogP contribution in [-0.4, -0.2) is 4.98 Å². The predicted octanol–water partition coefficient (Wildman–Crippen LogP) is 3.49. The first-order chi connectivity index (χ1) is 7.43. The van der Waals surface area contributed by atoms with Crippen LogP contribution in [0.1, 0.15) is 0 Å². The van der Waals surface area contributed by atoms with Crippen molar-refractivity contribution in [3.05, 3.63) is 54.7 Å². The number of aromatic nitrogens is 1. The predicted molar refractivity (Wildman–Crippen MR) is 59.4 cm³/mol. The van der Waals surface area contributed by atoms with E-state index in [0.29, 0.717) is 0 Å². The van der Waals surface area contributed by atoms with Crippen molar-refractivity contribution in [2.45, 2.75) is 0 Å². The Morgan fingerprint density at radius 1 is 0.933 bits per heavy atom. The van der Waals surface area contributed by atoms with Crippen LogP contribution in [0.15, 0.2) is 59.1 Å². The van der Waals surface area contributed by atoms with E-state index in [2.05, 4.69) is 4.98 Å². The Bertz CT molecular complexity index is 551. The number of nitrogens with zero attached hydrogens (tertiary/aromatic N) is 1. The molecule has 0 bridgehead atoms. The van der Waals surface area contributed by atoms with Gasteiger partial charge in [0.2, 0.25) is 0 Å². The lowest BCUT2D eigenvalue weighted by atomic mass is 10.2. The Hall–Kier alpha value is -2.09. The van der Waals surface area contributed by atoms with E-state index in [0.717, 1.165) is 22.4 Å². The smallest absolute Gasteiger partial charge is 0.153 e. The van der Waals surface area contributed by atoms with Gasteiger partial charge in [0.25, 0.3) is 0 Å². The van der Waals surface area contributed by atoms with Crippen molar-refractivity contribution in [3.63, 3.8) is 0 Å². The van der Waals surface area contributed by atoms with Gasteiger partial charge in [-0.15, -0.1) is 0 Å². The van der Waals surface area contributed by atoms with Gasteiger partial charge in [-0.25, -0.2) is 0 Å². The molecule has 0 aliphatic rings. The molecule has 2 heterocycles. The van der Waals surface area contributed by atoms with Crippen molar-refractivity contribution in [2.24, 2.45) is 0 Å². The SMILES string of the molecule is c1ccc(-c2cc3ccccc3o2)nc1. The van der Waals surface area contributed by atoms with E-state index in [1.54, 1.807) is 6.20 Å². The van der Waals surface area contributed by atoms with Crippen LogP contribution in [0.5, 0.6) is 0 Å². The molecule has 0 saturated carbocycles. The van der Waals surface area contributed by atoms with Crippen molar-refractivity contribution >= 4 is 11.0 Å². The van der Waals surface area contributed by atoms with E-state index in [4.69, 9.17) is 4.42 Å². The van der Waals surface area contributed by atoms with Crippen LogP contribution in [0, 0.1) is 0 Å². The van der Waals surface area contributed by atoms with E-state index >= 15 is 0 Å². The zero-order valence-electron chi connectivity index (χ0n) is 8.05. The second-order valence-electron chi connectivity index (χ2n) is 3.36. The molecule has 2 heteroatoms. The molecule has 0 amide bonds. The molecular weight excluding hydrogens is 186 g/mol. The Morgan fingerprint density at radius 2 is 1.80 bits per heavy atom. The lowest BCUT2D eigenvalue weighted by Gasteiger charge is -1.92. The fraction of sp³-hybridized carbons (Fsp3) is 0. The van der Waals surface area contributed by atoms with E-state index in [1.165, 1.54) is 0 Å². The Balaban J connectivity index is 2.21. The summed E-state index contributed by atoms with van der Waals surface area (Å²) in [5, 5.41) is 1.11. The van der Waals surface area contributed by atoms with E-state index in [1.807, 2.05) is 48.5 Å². The fourth-order valence-electron chi connectivity index (χ4n) is 1.62. The first-order valence-electron chi connectivity index (χ1n) is 4.83. The maximum atomic E-state index is 5.69. The number of rotatable bonds is 1. The molecule has 72 valence electrons. The minimum Gasteiger partial charge on any atom is -0.454 e. The third-order valence-corrected chi connectivity index (χ3v) is 2.34. The highest BCUT2D eigenvalue weighted by Gasteiger charge is 2.05. The summed E-state index contributed by atoms with van der Waals surface area (Å²) in [5.74, 6) is 0.816. The molecule has 0 fully saturated rings. The summed E-state index contributed by atoms with van der Waals surface area (Å²) in [6.45, 7) is 0. The monoisotopic (exact) mass is 195 g/mol. The zero-order chi connectivity index (χ0) is 10.1. The van der Waals surface area contributed by atoms with Gasteiger partial charge in [-0.2, -0.15) is 0 Å². The van der Waals surface area contributed by atoms with Crippen LogP contribution in [0.25, 0.3) is 22.4 Å². The van der Waals surface area contributed by atoms with E-state index in [-0.39, 0.29) is 0 Å². The van der Waals surface area contributed by atoms with Gasteiger partial charge in [-0.3, -0.25) is 4.98 Å². The number of benzene rings is 1. The highest BCUT2D eigenvalue weighted by atomic mass is 16.3. The van der Waals surface area contributed by atoms with Crippen molar-refractivity contribution in [1.82, 2.24) is 4.98 Å². The minimum atomic E-state index is 0.816. The molecule has 0 atom stereocenters. The van der Waals surface area contributed by atoms with Gasteiger partial charge in [0, 0.05) is 11.6 Å². The van der Waals surface area contributed by atoms with Gasteiger partial charge in [0.05, 0.1) is 0 Å². The normalized spacial score (nSPS) is 10.7. The Morgan fingerprint density at radius 3 is 2.60 bits per heavy atom. The van der Waals surface area contributed by atoms with Gasteiger partial charge < -0.3 is 4.42 Å². The zero-order valence-corrected chi connectivity index (χ0v) is 8.05. The molecule has 0 radical (unpaired) electrons. The summed E-state index contributed by atoms with van der Waals surface area (Å²) in [7, 11) is 0. The molecule has 2 nitrogen and oxygen atoms in total. The van der Waals surface area contributed by atoms with Gasteiger partial charge >= 0.3 is 0 Å². The lowest BCUT2D eigenvalue weighted by molar-refractivity contribution is 0.629. The number of pyridine rings is 1. The number of hydrogen-bond donors (Lipinski definition) is 0. The highest BCUT2D eigenvalue weighted by molar-refractivity contribution is 5.81. The van der Waals surface area contributed by atoms with Crippen molar-refractivity contribution in [3.8, 4) is 11.5 Å². The van der Waals surface area contributed by atoms with Crippen LogP contribution in [-0.2, 0) is 0 Å². The average molecular weight is 195 g/mol. The summed E-state index contributed by atoms with van der Waals surface area (Å²) in [6, 6.07) is 15.8. The summed E-state index contributed by atoms with van der Waals surface area (Å²) >= 11 is 0.